The smallest absolute Gasteiger partial charge is 0.489 e. The van der Waals surface area contributed by atoms with E-state index in [4.69, 9.17) is 14.0 Å². The molecule has 3 nitrogen and oxygen atoms in total. The monoisotopic (exact) mass is 710 g/mol. The van der Waals surface area contributed by atoms with Gasteiger partial charge in [-0.25, -0.2) is 57.1 Å². The molecule has 6 rings (SSSR count). The maximum Gasteiger partial charge on any atom is 0.864 e. The molecule has 19 heteroatoms. The van der Waals surface area contributed by atoms with E-state index in [2.05, 4.69) is 0 Å². The maximum absolute atomic E-state index is 15.8. The van der Waals surface area contributed by atoms with Crippen molar-refractivity contribution >= 4 is 39.6 Å². The summed E-state index contributed by atoms with van der Waals surface area (Å²) in [4.78, 5) is 0. The van der Waals surface area contributed by atoms with Crippen LogP contribution in [0.4, 0.5) is 65.9 Å². The van der Waals surface area contributed by atoms with Gasteiger partial charge in [-0.1, -0.05) is 0 Å². The number of hydrogen-bond acceptors (Lipinski definition) is 3. The maximum atomic E-state index is 15.8. The standard InChI is InChI=1S/C30H6BF15O3/c32-7-5-8-12(3-1-9(33)14(8)11(35)6-7)47-31(48-13-4-2-10(34)19(36)20(13)37)49-30-18-17(25(42)28(45)29(30)46)21(38)15-16(22(18)39)24(41)27(44)26(43)23(15)40/h1-6H. The molecule has 0 bridgehead atoms. The van der Waals surface area contributed by atoms with Crippen LogP contribution in [0.2, 0.25) is 0 Å². The van der Waals surface area contributed by atoms with Crippen molar-refractivity contribution in [1.29, 1.82) is 0 Å². The Labute approximate surface area is 260 Å². The predicted octanol–water partition coefficient (Wildman–Crippen LogP) is 9.75. The summed E-state index contributed by atoms with van der Waals surface area (Å²) in [6.45, 7) is 0. The van der Waals surface area contributed by atoms with Crippen LogP contribution in [0.25, 0.3) is 32.3 Å². The van der Waals surface area contributed by atoms with Gasteiger partial charge in [-0.3, -0.25) is 0 Å². The van der Waals surface area contributed by atoms with Crippen molar-refractivity contribution in [1.82, 2.24) is 0 Å². The fraction of sp³-hybridized carbons (Fsp3) is 0. The Morgan fingerprint density at radius 1 is 0.347 bits per heavy atom. The van der Waals surface area contributed by atoms with Gasteiger partial charge in [0.05, 0.1) is 26.9 Å². The molecular formula is C30H6BF15O3. The van der Waals surface area contributed by atoms with Gasteiger partial charge in [0.15, 0.2) is 52.3 Å². The van der Waals surface area contributed by atoms with Crippen LogP contribution in [0.5, 0.6) is 17.2 Å². The summed E-state index contributed by atoms with van der Waals surface area (Å²) in [5, 5.41) is -10.1. The Hall–Kier alpha value is -5.49. The second kappa shape index (κ2) is 11.9. The molecule has 0 saturated heterocycles. The van der Waals surface area contributed by atoms with Gasteiger partial charge in [-0.2, -0.15) is 8.78 Å². The average molecular weight is 710 g/mol. The highest BCUT2D eigenvalue weighted by molar-refractivity contribution is 6.40. The van der Waals surface area contributed by atoms with Gasteiger partial charge in [-0.15, -0.1) is 0 Å². The second-order valence-corrected chi connectivity index (χ2v) is 9.83. The zero-order valence-electron chi connectivity index (χ0n) is 22.9. The molecular weight excluding hydrogens is 704 g/mol. The van der Waals surface area contributed by atoms with E-state index in [0.29, 0.717) is 24.3 Å². The molecule has 0 spiro atoms. The lowest BCUT2D eigenvalue weighted by Gasteiger charge is -2.21. The third kappa shape index (κ3) is 5.14. The van der Waals surface area contributed by atoms with Gasteiger partial charge in [0, 0.05) is 11.5 Å². The topological polar surface area (TPSA) is 27.7 Å². The highest BCUT2D eigenvalue weighted by atomic mass is 19.2. The Morgan fingerprint density at radius 3 is 1.45 bits per heavy atom. The average Bonchev–Trinajstić information content (AvgIpc) is 3.05. The quantitative estimate of drug-likeness (QED) is 0.0567. The number of halogens is 15. The SMILES string of the molecule is Fc1cc(F)c2c(F)ccc(OB(Oc3ccc(F)c(F)c3F)Oc3c(F)c(F)c(F)c4c(F)c5c(F)c(F)c(F)c(F)c5c(F)c34)c2c1. The molecule has 0 aromatic heterocycles. The van der Waals surface area contributed by atoms with E-state index in [9.17, 15) is 52.7 Å². The molecule has 0 unspecified atom stereocenters. The van der Waals surface area contributed by atoms with Crippen LogP contribution < -0.4 is 14.0 Å². The van der Waals surface area contributed by atoms with E-state index >= 15 is 13.2 Å². The Morgan fingerprint density at radius 2 is 0.837 bits per heavy atom. The fourth-order valence-electron chi connectivity index (χ4n) is 4.87. The highest BCUT2D eigenvalue weighted by Crippen LogP contribution is 2.43. The van der Waals surface area contributed by atoms with Crippen molar-refractivity contribution in [3.8, 4) is 17.2 Å². The van der Waals surface area contributed by atoms with Gasteiger partial charge < -0.3 is 14.0 Å². The van der Waals surface area contributed by atoms with Crippen LogP contribution in [0, 0.1) is 87.3 Å². The van der Waals surface area contributed by atoms with Crippen LogP contribution >= 0.6 is 0 Å². The molecule has 0 N–H and O–H groups in total. The predicted molar refractivity (Wildman–Crippen MR) is 139 cm³/mol. The minimum atomic E-state index is -3.06. The van der Waals surface area contributed by atoms with E-state index < -0.39 is 144 Å². The van der Waals surface area contributed by atoms with E-state index in [1.807, 2.05) is 0 Å². The molecule has 0 aliphatic heterocycles. The number of rotatable bonds is 6. The lowest BCUT2D eigenvalue weighted by atomic mass is 9.98. The lowest BCUT2D eigenvalue weighted by Crippen LogP contribution is -2.38. The first-order valence-corrected chi connectivity index (χ1v) is 12.9. The van der Waals surface area contributed by atoms with Gasteiger partial charge in [0.1, 0.15) is 40.6 Å². The summed E-state index contributed by atoms with van der Waals surface area (Å²) in [7, 11) is -3.06. The summed E-state index contributed by atoms with van der Waals surface area (Å²) < 4.78 is 233. The Balaban J connectivity index is 1.63. The van der Waals surface area contributed by atoms with E-state index in [0.717, 1.165) is 0 Å². The largest absolute Gasteiger partial charge is 0.864 e. The zero-order valence-corrected chi connectivity index (χ0v) is 22.9. The molecule has 0 aliphatic rings. The van der Waals surface area contributed by atoms with Crippen molar-refractivity contribution in [2.75, 3.05) is 0 Å². The first-order chi connectivity index (χ1) is 23.0. The van der Waals surface area contributed by atoms with Crippen LogP contribution in [0.1, 0.15) is 0 Å². The molecule has 0 amide bonds. The molecule has 252 valence electrons. The molecule has 0 saturated carbocycles. The Kier molecular flexibility index (Phi) is 8.11. The molecule has 0 heterocycles. The third-order valence-electron chi connectivity index (χ3n) is 7.03. The molecule has 0 fully saturated rings. The fourth-order valence-corrected chi connectivity index (χ4v) is 4.87. The van der Waals surface area contributed by atoms with Gasteiger partial charge in [0.25, 0.3) is 0 Å². The zero-order chi connectivity index (χ0) is 35.8. The third-order valence-corrected chi connectivity index (χ3v) is 7.03. The molecule has 0 radical (unpaired) electrons. The summed E-state index contributed by atoms with van der Waals surface area (Å²) in [5.74, 6) is -38.7. The van der Waals surface area contributed by atoms with Gasteiger partial charge in [-0.05, 0) is 30.3 Å². The summed E-state index contributed by atoms with van der Waals surface area (Å²) in [6, 6.07) is 2.29. The van der Waals surface area contributed by atoms with Gasteiger partial charge in [0.2, 0.25) is 11.6 Å². The number of hydrogen-bond donors (Lipinski definition) is 0. The number of fused-ring (bicyclic) bond motifs is 3. The summed E-state index contributed by atoms with van der Waals surface area (Å²) in [6.07, 6.45) is 0. The number of benzene rings is 6. The lowest BCUT2D eigenvalue weighted by molar-refractivity contribution is 0.289. The van der Waals surface area contributed by atoms with Crippen LogP contribution in [-0.2, 0) is 0 Å². The van der Waals surface area contributed by atoms with E-state index in [1.54, 1.807) is 0 Å². The minimum absolute atomic E-state index is 0.220. The van der Waals surface area contributed by atoms with E-state index in [1.165, 1.54) is 0 Å². The second-order valence-electron chi connectivity index (χ2n) is 9.83. The molecule has 0 aliphatic carbocycles. The molecule has 6 aromatic carbocycles. The van der Waals surface area contributed by atoms with Crippen LogP contribution in [0.15, 0.2) is 36.4 Å². The molecule has 0 atom stereocenters. The highest BCUT2D eigenvalue weighted by Gasteiger charge is 2.39. The Bertz CT molecular complexity index is 2400. The van der Waals surface area contributed by atoms with Crippen LogP contribution in [-0.4, -0.2) is 7.32 Å². The minimum Gasteiger partial charge on any atom is -0.489 e. The van der Waals surface area contributed by atoms with Crippen molar-refractivity contribution < 1.29 is 79.8 Å². The van der Waals surface area contributed by atoms with Crippen molar-refractivity contribution in [3.63, 3.8) is 0 Å². The van der Waals surface area contributed by atoms with Gasteiger partial charge >= 0.3 is 7.32 Å². The molecule has 49 heavy (non-hydrogen) atoms. The summed E-state index contributed by atoms with van der Waals surface area (Å²) in [5.41, 5.74) is 0. The van der Waals surface area contributed by atoms with Crippen LogP contribution in [0.3, 0.4) is 0 Å². The normalized spacial score (nSPS) is 11.6. The summed E-state index contributed by atoms with van der Waals surface area (Å²) >= 11 is 0. The van der Waals surface area contributed by atoms with Crippen molar-refractivity contribution in [2.45, 2.75) is 0 Å². The first-order valence-electron chi connectivity index (χ1n) is 12.9. The first kappa shape index (κ1) is 33.4. The molecule has 6 aromatic rings. The van der Waals surface area contributed by atoms with E-state index in [-0.39, 0.29) is 12.1 Å². The van der Waals surface area contributed by atoms with Crippen molar-refractivity contribution in [2.24, 2.45) is 0 Å². The van der Waals surface area contributed by atoms with Crippen molar-refractivity contribution in [3.05, 3.63) is 124 Å².